The van der Waals surface area contributed by atoms with E-state index in [9.17, 15) is 0 Å². The second-order valence-electron chi connectivity index (χ2n) is 5.08. The van der Waals surface area contributed by atoms with Crippen molar-refractivity contribution in [2.45, 2.75) is 19.4 Å². The van der Waals surface area contributed by atoms with E-state index in [1.165, 1.54) is 23.7 Å². The molecule has 3 rings (SSSR count). The molecule has 1 saturated heterocycles. The first-order valence-electron chi connectivity index (χ1n) is 6.63. The number of aromatic nitrogens is 1. The Morgan fingerprint density at radius 2 is 2.11 bits per heavy atom. The summed E-state index contributed by atoms with van der Waals surface area (Å²) in [5, 5.41) is 4.66. The van der Waals surface area contributed by atoms with Gasteiger partial charge < -0.3 is 9.88 Å². The molecule has 92 valence electrons. The van der Waals surface area contributed by atoms with Crippen LogP contribution < -0.4 is 5.32 Å². The number of hydrogen-bond donors (Lipinski definition) is 1. The van der Waals surface area contributed by atoms with Gasteiger partial charge in [0.25, 0.3) is 0 Å². The molecule has 1 aliphatic rings. The fraction of sp³-hybridized carbons (Fsp3) is 0.375. The molecule has 2 heterocycles. The van der Waals surface area contributed by atoms with Crippen molar-refractivity contribution in [2.24, 2.45) is 5.92 Å². The minimum absolute atomic E-state index is 0.800. The summed E-state index contributed by atoms with van der Waals surface area (Å²) in [5.74, 6) is 3.49. The Balaban J connectivity index is 1.86. The number of fused-ring (bicyclic) bond motifs is 1. The SMILES string of the molecule is C#Cc1ccc2c(ccn2CC2CCNCC2)c1. The van der Waals surface area contributed by atoms with Gasteiger partial charge in [-0.25, -0.2) is 0 Å². The van der Waals surface area contributed by atoms with Crippen LogP contribution >= 0.6 is 0 Å². The van der Waals surface area contributed by atoms with Crippen LogP contribution in [-0.4, -0.2) is 17.7 Å². The molecule has 0 atom stereocenters. The summed E-state index contributed by atoms with van der Waals surface area (Å²) < 4.78 is 2.37. The minimum Gasteiger partial charge on any atom is -0.347 e. The van der Waals surface area contributed by atoms with E-state index in [2.05, 4.69) is 40.2 Å². The van der Waals surface area contributed by atoms with Gasteiger partial charge in [0, 0.05) is 29.2 Å². The third-order valence-electron chi connectivity index (χ3n) is 3.85. The highest BCUT2D eigenvalue weighted by Crippen LogP contribution is 2.21. The van der Waals surface area contributed by atoms with Crippen LogP contribution in [0.3, 0.4) is 0 Å². The van der Waals surface area contributed by atoms with Crippen LogP contribution in [0.15, 0.2) is 30.5 Å². The summed E-state index contributed by atoms with van der Waals surface area (Å²) in [6, 6.07) is 8.43. The quantitative estimate of drug-likeness (QED) is 0.796. The minimum atomic E-state index is 0.800. The lowest BCUT2D eigenvalue weighted by molar-refractivity contribution is 0.337. The van der Waals surface area contributed by atoms with Crippen molar-refractivity contribution >= 4 is 10.9 Å². The van der Waals surface area contributed by atoms with Gasteiger partial charge in [0.1, 0.15) is 0 Å². The highest BCUT2D eigenvalue weighted by Gasteiger charge is 2.14. The number of piperidine rings is 1. The van der Waals surface area contributed by atoms with Crippen LogP contribution in [0.5, 0.6) is 0 Å². The van der Waals surface area contributed by atoms with Crippen molar-refractivity contribution in [3.63, 3.8) is 0 Å². The first-order valence-corrected chi connectivity index (χ1v) is 6.63. The van der Waals surface area contributed by atoms with Crippen molar-refractivity contribution in [1.29, 1.82) is 0 Å². The van der Waals surface area contributed by atoms with E-state index in [0.29, 0.717) is 0 Å². The third-order valence-corrected chi connectivity index (χ3v) is 3.85. The Morgan fingerprint density at radius 1 is 1.28 bits per heavy atom. The Hall–Kier alpha value is -1.72. The first kappa shape index (κ1) is 11.4. The normalized spacial score (nSPS) is 16.8. The average molecular weight is 238 g/mol. The smallest absolute Gasteiger partial charge is 0.0481 e. The zero-order chi connectivity index (χ0) is 12.4. The lowest BCUT2D eigenvalue weighted by atomic mass is 9.98. The molecule has 0 radical (unpaired) electrons. The van der Waals surface area contributed by atoms with Crippen molar-refractivity contribution in [1.82, 2.24) is 9.88 Å². The topological polar surface area (TPSA) is 17.0 Å². The van der Waals surface area contributed by atoms with Crippen LogP contribution in [0.25, 0.3) is 10.9 Å². The molecule has 0 unspecified atom stereocenters. The van der Waals surface area contributed by atoms with Crippen molar-refractivity contribution < 1.29 is 0 Å². The van der Waals surface area contributed by atoms with Gasteiger partial charge in [0.15, 0.2) is 0 Å². The molecule has 0 aliphatic carbocycles. The van der Waals surface area contributed by atoms with Gasteiger partial charge in [-0.2, -0.15) is 0 Å². The molecule has 18 heavy (non-hydrogen) atoms. The maximum atomic E-state index is 5.43. The van der Waals surface area contributed by atoms with E-state index in [1.807, 2.05) is 6.07 Å². The maximum Gasteiger partial charge on any atom is 0.0481 e. The molecular weight excluding hydrogens is 220 g/mol. The highest BCUT2D eigenvalue weighted by atomic mass is 15.0. The zero-order valence-corrected chi connectivity index (χ0v) is 10.5. The third kappa shape index (κ3) is 2.14. The van der Waals surface area contributed by atoms with Crippen LogP contribution in [0.4, 0.5) is 0 Å². The van der Waals surface area contributed by atoms with E-state index in [-0.39, 0.29) is 0 Å². The summed E-state index contributed by atoms with van der Waals surface area (Å²) >= 11 is 0. The van der Waals surface area contributed by atoms with Crippen LogP contribution in [0.2, 0.25) is 0 Å². The molecule has 1 N–H and O–H groups in total. The predicted molar refractivity (Wildman–Crippen MR) is 75.5 cm³/mol. The van der Waals surface area contributed by atoms with Crippen LogP contribution in [0.1, 0.15) is 18.4 Å². The van der Waals surface area contributed by atoms with Gasteiger partial charge in [-0.15, -0.1) is 6.42 Å². The summed E-state index contributed by atoms with van der Waals surface area (Å²) in [6.45, 7) is 3.44. The Bertz CT molecular complexity index is 583. The number of nitrogens with zero attached hydrogens (tertiary/aromatic N) is 1. The second kappa shape index (κ2) is 4.88. The fourth-order valence-electron chi connectivity index (χ4n) is 2.79. The molecule has 0 spiro atoms. The molecule has 1 aliphatic heterocycles. The molecule has 0 saturated carbocycles. The van der Waals surface area contributed by atoms with Gasteiger partial charge in [-0.05, 0) is 56.1 Å². The summed E-state index contributed by atoms with van der Waals surface area (Å²) in [7, 11) is 0. The lowest BCUT2D eigenvalue weighted by Crippen LogP contribution is -2.29. The van der Waals surface area contributed by atoms with E-state index in [1.54, 1.807) is 0 Å². The van der Waals surface area contributed by atoms with Gasteiger partial charge in [0.05, 0.1) is 0 Å². The second-order valence-corrected chi connectivity index (χ2v) is 5.08. The van der Waals surface area contributed by atoms with E-state index < -0.39 is 0 Å². The van der Waals surface area contributed by atoms with Crippen molar-refractivity contribution in [3.05, 3.63) is 36.0 Å². The summed E-state index contributed by atoms with van der Waals surface area (Å²) in [6.07, 6.45) is 10.2. The van der Waals surface area contributed by atoms with E-state index >= 15 is 0 Å². The standard InChI is InChI=1S/C16H18N2/c1-2-13-3-4-16-15(11-13)7-10-18(16)12-14-5-8-17-9-6-14/h1,3-4,7,10-11,14,17H,5-6,8-9,12H2. The molecule has 1 aromatic carbocycles. The molecular formula is C16H18N2. The molecule has 1 aromatic heterocycles. The van der Waals surface area contributed by atoms with Gasteiger partial charge in [0.2, 0.25) is 0 Å². The first-order chi connectivity index (χ1) is 8.86. The Kier molecular flexibility index (Phi) is 3.08. The molecule has 2 heteroatoms. The number of nitrogens with one attached hydrogen (secondary N) is 1. The van der Waals surface area contributed by atoms with Gasteiger partial charge in [-0.3, -0.25) is 0 Å². The van der Waals surface area contributed by atoms with Crippen LogP contribution in [-0.2, 0) is 6.54 Å². The summed E-state index contributed by atoms with van der Waals surface area (Å²) in [5.41, 5.74) is 2.26. The molecule has 0 bridgehead atoms. The molecule has 0 amide bonds. The number of benzene rings is 1. The lowest BCUT2D eigenvalue weighted by Gasteiger charge is -2.23. The van der Waals surface area contributed by atoms with Crippen molar-refractivity contribution in [3.8, 4) is 12.3 Å². The number of hydrogen-bond acceptors (Lipinski definition) is 1. The average Bonchev–Trinajstić information content (AvgIpc) is 2.82. The Morgan fingerprint density at radius 3 is 2.89 bits per heavy atom. The molecule has 1 fully saturated rings. The number of rotatable bonds is 2. The molecule has 2 aromatic rings. The van der Waals surface area contributed by atoms with Crippen LogP contribution in [0, 0.1) is 18.3 Å². The zero-order valence-electron chi connectivity index (χ0n) is 10.5. The van der Waals surface area contributed by atoms with Gasteiger partial charge >= 0.3 is 0 Å². The van der Waals surface area contributed by atoms with Crippen molar-refractivity contribution in [2.75, 3.05) is 13.1 Å². The maximum absolute atomic E-state index is 5.43. The largest absolute Gasteiger partial charge is 0.347 e. The summed E-state index contributed by atoms with van der Waals surface area (Å²) in [4.78, 5) is 0. The van der Waals surface area contributed by atoms with Gasteiger partial charge in [-0.1, -0.05) is 5.92 Å². The highest BCUT2D eigenvalue weighted by molar-refractivity contribution is 5.81. The van der Waals surface area contributed by atoms with E-state index in [4.69, 9.17) is 6.42 Å². The monoisotopic (exact) mass is 238 g/mol. The molecule has 2 nitrogen and oxygen atoms in total. The van der Waals surface area contributed by atoms with E-state index in [0.717, 1.165) is 31.1 Å². The fourth-order valence-corrected chi connectivity index (χ4v) is 2.79. The Labute approximate surface area is 108 Å². The number of terminal acetylenes is 1. The predicted octanol–water partition coefficient (Wildman–Crippen LogP) is 2.62.